The van der Waals surface area contributed by atoms with Gasteiger partial charge >= 0.3 is 6.03 Å². The second kappa shape index (κ2) is 10.3. The Morgan fingerprint density at radius 2 is 1.88 bits per heavy atom. The van der Waals surface area contributed by atoms with Crippen molar-refractivity contribution in [3.63, 3.8) is 0 Å². The molecular weight excluding hydrogens is 562 g/mol. The Balaban J connectivity index is 1.20. The third kappa shape index (κ3) is 5.45. The summed E-state index contributed by atoms with van der Waals surface area (Å²) in [6.07, 6.45) is 6.46. The molecule has 1 saturated heterocycles. The van der Waals surface area contributed by atoms with Crippen LogP contribution in [0.25, 0.3) is 5.65 Å². The monoisotopic (exact) mass is 590 g/mol. The van der Waals surface area contributed by atoms with Crippen molar-refractivity contribution in [1.82, 2.24) is 34.2 Å². The third-order valence-electron chi connectivity index (χ3n) is 7.53. The lowest BCUT2D eigenvalue weighted by atomic mass is 10.1. The maximum Gasteiger partial charge on any atom is 0.331 e. The van der Waals surface area contributed by atoms with Crippen molar-refractivity contribution < 1.29 is 23.2 Å². The number of alkyl halides is 2. The maximum absolute atomic E-state index is 14.4. The van der Waals surface area contributed by atoms with Crippen LogP contribution >= 0.6 is 0 Å². The zero-order valence-electron chi connectivity index (χ0n) is 23.7. The average Bonchev–Trinajstić information content (AvgIpc) is 3.58. The topological polar surface area (TPSA) is 151 Å². The van der Waals surface area contributed by atoms with Gasteiger partial charge in [0.25, 0.3) is 5.92 Å². The highest BCUT2D eigenvalue weighted by atomic mass is 19.3. The number of carbonyl (C=O) groups is 3. The number of likely N-dealkylation sites (N-methyl/N-ethyl adjacent to an activating group) is 1. The standard InChI is InChI=1S/C28H28F2N10O3/c1-14-5-6-31-24(34-14)17-8-18(17)26(42)37-22-9-21(32-13-33-22)35-15(2)19-11-39-10-16(28(3,29)30)7-20(25(39)36-19)40-12-23(41)38(4)27(40)43/h5-7,9-11,13,15,17-18H,8,12H2,1-4H3,(H2,32,33,35,37,42)/t15-,17+,18+/m1/s1. The second-order valence-electron chi connectivity index (χ2n) is 10.9. The van der Waals surface area contributed by atoms with Crippen LogP contribution in [-0.2, 0) is 15.5 Å². The maximum atomic E-state index is 14.4. The lowest BCUT2D eigenvalue weighted by molar-refractivity contribution is -0.124. The number of urea groups is 1. The van der Waals surface area contributed by atoms with E-state index in [1.54, 1.807) is 31.5 Å². The molecule has 1 aliphatic heterocycles. The predicted molar refractivity (Wildman–Crippen MR) is 151 cm³/mol. The van der Waals surface area contributed by atoms with Crippen LogP contribution in [0.2, 0.25) is 0 Å². The number of aromatic nitrogens is 6. The van der Waals surface area contributed by atoms with Crippen molar-refractivity contribution in [3.05, 3.63) is 65.9 Å². The van der Waals surface area contributed by atoms with Crippen molar-refractivity contribution in [2.24, 2.45) is 5.92 Å². The Kier molecular flexibility index (Phi) is 6.74. The quantitative estimate of drug-likeness (QED) is 0.293. The minimum atomic E-state index is -3.20. The number of anilines is 3. The summed E-state index contributed by atoms with van der Waals surface area (Å²) in [5.74, 6) is -2.79. The summed E-state index contributed by atoms with van der Waals surface area (Å²) in [4.78, 5) is 61.5. The van der Waals surface area contributed by atoms with E-state index in [0.717, 1.165) is 22.4 Å². The molecule has 222 valence electrons. The van der Waals surface area contributed by atoms with Crippen LogP contribution in [0, 0.1) is 12.8 Å². The first-order chi connectivity index (χ1) is 20.4. The minimum Gasteiger partial charge on any atom is -0.362 e. The van der Waals surface area contributed by atoms with Crippen molar-refractivity contribution in [3.8, 4) is 0 Å². The second-order valence-corrected chi connectivity index (χ2v) is 10.9. The molecule has 2 fully saturated rings. The van der Waals surface area contributed by atoms with E-state index in [2.05, 4.69) is 35.6 Å². The van der Waals surface area contributed by atoms with Gasteiger partial charge in [-0.1, -0.05) is 0 Å². The van der Waals surface area contributed by atoms with Gasteiger partial charge in [0.05, 0.1) is 17.4 Å². The number of hydrogen-bond donors (Lipinski definition) is 2. The van der Waals surface area contributed by atoms with Gasteiger partial charge in [-0.3, -0.25) is 19.4 Å². The molecule has 4 aromatic rings. The van der Waals surface area contributed by atoms with Gasteiger partial charge in [-0.25, -0.2) is 38.5 Å². The highest BCUT2D eigenvalue weighted by molar-refractivity contribution is 6.13. The molecule has 0 unspecified atom stereocenters. The molecule has 15 heteroatoms. The highest BCUT2D eigenvalue weighted by Crippen LogP contribution is 2.46. The minimum absolute atomic E-state index is 0.0400. The molecule has 4 amide bonds. The van der Waals surface area contributed by atoms with Crippen molar-refractivity contribution >= 4 is 40.8 Å². The highest BCUT2D eigenvalue weighted by Gasteiger charge is 2.46. The number of amides is 4. The van der Waals surface area contributed by atoms with Crippen molar-refractivity contribution in [2.75, 3.05) is 29.1 Å². The molecule has 1 aliphatic carbocycles. The molecule has 5 heterocycles. The number of carbonyl (C=O) groups excluding carboxylic acids is 3. The first-order valence-corrected chi connectivity index (χ1v) is 13.6. The molecule has 0 spiro atoms. The SMILES string of the molecule is Cc1ccnc([C@H]2C[C@@H]2C(=O)Nc2cc(N[C@H](C)c3cn4cc(C(C)(F)F)cc(N5CC(=O)N(C)C5=O)c4n3)ncn2)n1. The van der Waals surface area contributed by atoms with E-state index >= 15 is 0 Å². The van der Waals surface area contributed by atoms with E-state index in [0.29, 0.717) is 29.6 Å². The first-order valence-electron chi connectivity index (χ1n) is 13.6. The van der Waals surface area contributed by atoms with Gasteiger partial charge in [-0.05, 0) is 32.4 Å². The number of fused-ring (bicyclic) bond motifs is 1. The van der Waals surface area contributed by atoms with Gasteiger partial charge < -0.3 is 15.0 Å². The number of hydrogen-bond acceptors (Lipinski definition) is 9. The summed E-state index contributed by atoms with van der Waals surface area (Å²) in [5.41, 5.74) is 1.31. The molecule has 0 radical (unpaired) electrons. The molecule has 2 N–H and O–H groups in total. The molecular formula is C28H28F2N10O3. The number of nitrogens with one attached hydrogen (secondary N) is 2. The Morgan fingerprint density at radius 3 is 2.58 bits per heavy atom. The van der Waals surface area contributed by atoms with Crippen LogP contribution in [0.15, 0.2) is 43.1 Å². The zero-order chi connectivity index (χ0) is 30.6. The molecule has 3 atom stereocenters. The fourth-order valence-electron chi connectivity index (χ4n) is 4.97. The Bertz CT molecular complexity index is 1770. The number of imidazole rings is 1. The molecule has 13 nitrogen and oxygen atoms in total. The van der Waals surface area contributed by atoms with E-state index in [4.69, 9.17) is 0 Å². The summed E-state index contributed by atoms with van der Waals surface area (Å²) in [6.45, 7) is 4.15. The Labute approximate surface area is 244 Å². The average molecular weight is 591 g/mol. The normalized spacial score (nSPS) is 19.2. The number of rotatable bonds is 8. The van der Waals surface area contributed by atoms with Gasteiger partial charge in [-0.15, -0.1) is 0 Å². The van der Waals surface area contributed by atoms with Crippen molar-refractivity contribution in [2.45, 2.75) is 45.1 Å². The summed E-state index contributed by atoms with van der Waals surface area (Å²) < 4.78 is 30.2. The van der Waals surface area contributed by atoms with Crippen LogP contribution in [0.3, 0.4) is 0 Å². The van der Waals surface area contributed by atoms with Crippen LogP contribution in [0.4, 0.5) is 30.9 Å². The van der Waals surface area contributed by atoms with Crippen LogP contribution in [-0.4, -0.2) is 65.7 Å². The number of halogens is 2. The molecule has 43 heavy (non-hydrogen) atoms. The van der Waals surface area contributed by atoms with E-state index in [-0.39, 0.29) is 41.2 Å². The number of nitrogens with zero attached hydrogens (tertiary/aromatic N) is 8. The molecule has 0 bridgehead atoms. The van der Waals surface area contributed by atoms with Gasteiger partial charge in [0.2, 0.25) is 11.8 Å². The summed E-state index contributed by atoms with van der Waals surface area (Å²) in [6, 6.07) is 3.47. The van der Waals surface area contributed by atoms with E-state index in [1.165, 1.54) is 30.0 Å². The third-order valence-corrected chi connectivity index (χ3v) is 7.53. The van der Waals surface area contributed by atoms with Gasteiger partial charge in [-0.2, -0.15) is 0 Å². The Hall–Kier alpha value is -5.08. The van der Waals surface area contributed by atoms with Crippen molar-refractivity contribution in [1.29, 1.82) is 0 Å². The van der Waals surface area contributed by atoms with Gasteiger partial charge in [0.15, 0.2) is 5.65 Å². The summed E-state index contributed by atoms with van der Waals surface area (Å²) in [5, 5.41) is 6.00. The smallest absolute Gasteiger partial charge is 0.331 e. The molecule has 2 aliphatic rings. The lowest BCUT2D eigenvalue weighted by Gasteiger charge is -2.19. The Morgan fingerprint density at radius 1 is 1.12 bits per heavy atom. The summed E-state index contributed by atoms with van der Waals surface area (Å²) >= 11 is 0. The fraction of sp³-hybridized carbons (Fsp3) is 0.357. The first kappa shape index (κ1) is 28.1. The van der Waals surface area contributed by atoms with Gasteiger partial charge in [0, 0.05) is 61.7 Å². The lowest BCUT2D eigenvalue weighted by Crippen LogP contribution is -2.30. The van der Waals surface area contributed by atoms with Gasteiger partial charge in [0.1, 0.15) is 30.3 Å². The molecule has 4 aromatic heterocycles. The molecule has 0 aromatic carbocycles. The largest absolute Gasteiger partial charge is 0.362 e. The number of pyridine rings is 1. The zero-order valence-corrected chi connectivity index (χ0v) is 23.7. The van der Waals surface area contributed by atoms with Crippen LogP contribution in [0.5, 0.6) is 0 Å². The van der Waals surface area contributed by atoms with Crippen LogP contribution in [0.1, 0.15) is 55.0 Å². The summed E-state index contributed by atoms with van der Waals surface area (Å²) in [7, 11) is 1.34. The fourth-order valence-corrected chi connectivity index (χ4v) is 4.97. The van der Waals surface area contributed by atoms with E-state index < -0.39 is 23.9 Å². The molecule has 1 saturated carbocycles. The van der Waals surface area contributed by atoms with E-state index in [1.807, 2.05) is 6.92 Å². The van der Waals surface area contributed by atoms with E-state index in [9.17, 15) is 23.2 Å². The number of aryl methyl sites for hydroxylation is 1. The number of imide groups is 1. The van der Waals surface area contributed by atoms with Crippen LogP contribution < -0.4 is 15.5 Å². The predicted octanol–water partition coefficient (Wildman–Crippen LogP) is 3.65. The molecule has 6 rings (SSSR count).